The van der Waals surface area contributed by atoms with Crippen molar-refractivity contribution in [1.82, 2.24) is 0 Å². The molecule has 2 aromatic carbocycles. The molecule has 0 aromatic heterocycles. The number of halogens is 2. The second-order valence-electron chi connectivity index (χ2n) is 5.83. The summed E-state index contributed by atoms with van der Waals surface area (Å²) in [5, 5.41) is 0. The monoisotopic (exact) mass is 349 g/mol. The van der Waals surface area contributed by atoms with Crippen molar-refractivity contribution in [2.45, 2.75) is 25.7 Å². The van der Waals surface area contributed by atoms with Crippen LogP contribution < -0.4 is 14.4 Å². The van der Waals surface area contributed by atoms with Crippen molar-refractivity contribution < 1.29 is 18.3 Å². The molecule has 0 bridgehead atoms. The maximum atomic E-state index is 12.9. The Labute approximate surface area is 142 Å². The first-order valence-corrected chi connectivity index (χ1v) is 8.08. The van der Waals surface area contributed by atoms with E-state index in [2.05, 4.69) is 25.2 Å². The summed E-state index contributed by atoms with van der Waals surface area (Å²) in [4.78, 5) is 2.02. The maximum absolute atomic E-state index is 12.9. The molecule has 1 aliphatic heterocycles. The van der Waals surface area contributed by atoms with Gasteiger partial charge in [0.25, 0.3) is 0 Å². The van der Waals surface area contributed by atoms with Crippen LogP contribution in [0.25, 0.3) is 11.1 Å². The number of rotatable bonds is 4. The van der Waals surface area contributed by atoms with E-state index in [0.717, 1.165) is 22.6 Å². The molecule has 0 N–H and O–H groups in total. The fraction of sp³-hybridized carbons (Fsp3) is 0.222. The fourth-order valence-electron chi connectivity index (χ4n) is 2.72. The molecule has 0 aliphatic carbocycles. The Bertz CT molecular complexity index is 770. The predicted octanol–water partition coefficient (Wildman–Crippen LogP) is 5.24. The Hall–Kier alpha value is -2.13. The van der Waals surface area contributed by atoms with Gasteiger partial charge in [0.15, 0.2) is 11.6 Å². The molecule has 2 aromatic rings. The Balaban J connectivity index is 1.90. The smallest absolute Gasteiger partial charge is 0.408 e. The van der Waals surface area contributed by atoms with Crippen LogP contribution >= 0.6 is 9.24 Å². The van der Waals surface area contributed by atoms with Gasteiger partial charge in [0, 0.05) is 6.04 Å². The van der Waals surface area contributed by atoms with Gasteiger partial charge in [-0.25, -0.2) is 0 Å². The third-order valence-electron chi connectivity index (χ3n) is 3.67. The average molecular weight is 349 g/mol. The normalized spacial score (nSPS) is 13.9. The quantitative estimate of drug-likeness (QED) is 0.705. The zero-order chi connectivity index (χ0) is 17.5. The third-order valence-corrected chi connectivity index (χ3v) is 3.79. The molecule has 1 unspecified atom stereocenters. The number of nitrogens with zero attached hydrogens (tertiary/aromatic N) is 1. The zero-order valence-corrected chi connectivity index (χ0v) is 14.6. The lowest BCUT2D eigenvalue weighted by Gasteiger charge is -2.22. The van der Waals surface area contributed by atoms with Gasteiger partial charge in [0.05, 0.1) is 5.69 Å². The highest BCUT2D eigenvalue weighted by Crippen LogP contribution is 2.42. The summed E-state index contributed by atoms with van der Waals surface area (Å²) in [5.74, 6) is -1.80. The molecule has 1 heterocycles. The summed E-state index contributed by atoms with van der Waals surface area (Å²) < 4.78 is 35.9. The predicted molar refractivity (Wildman–Crippen MR) is 94.5 cm³/mol. The Morgan fingerprint density at radius 3 is 2.33 bits per heavy atom. The lowest BCUT2D eigenvalue weighted by atomic mass is 10.0. The number of anilines is 1. The molecular weight excluding hydrogens is 331 g/mol. The molecular formula is C18H18F2NO2P. The van der Waals surface area contributed by atoms with Gasteiger partial charge in [-0.3, -0.25) is 0 Å². The number of alkyl halides is 2. The SMILES string of the molecule is C=C1Oc2ccc(-c3ccc(OC(F)(F)P)cc3)cc2N1C(C)C. The summed E-state index contributed by atoms with van der Waals surface area (Å²) in [6.45, 7) is 8.06. The molecule has 0 amide bonds. The fourth-order valence-corrected chi connectivity index (χ4v) is 2.86. The number of benzene rings is 2. The van der Waals surface area contributed by atoms with E-state index in [0.29, 0.717) is 5.88 Å². The maximum Gasteiger partial charge on any atom is 0.408 e. The lowest BCUT2D eigenvalue weighted by Crippen LogP contribution is -2.27. The van der Waals surface area contributed by atoms with Gasteiger partial charge in [0.1, 0.15) is 5.75 Å². The second kappa shape index (κ2) is 6.06. The molecule has 3 rings (SSSR count). The number of hydrogen-bond acceptors (Lipinski definition) is 3. The van der Waals surface area contributed by atoms with Crippen LogP contribution in [0.4, 0.5) is 14.5 Å². The molecule has 126 valence electrons. The van der Waals surface area contributed by atoms with Crippen LogP contribution in [-0.2, 0) is 0 Å². The van der Waals surface area contributed by atoms with E-state index in [1.54, 1.807) is 12.1 Å². The van der Waals surface area contributed by atoms with E-state index in [1.165, 1.54) is 21.4 Å². The summed E-state index contributed by atoms with van der Waals surface area (Å²) in [6.07, 6.45) is 0. The van der Waals surface area contributed by atoms with Gasteiger partial charge in [-0.1, -0.05) is 18.2 Å². The highest BCUT2D eigenvalue weighted by molar-refractivity contribution is 7.17. The van der Waals surface area contributed by atoms with Crippen molar-refractivity contribution in [3.63, 3.8) is 0 Å². The van der Waals surface area contributed by atoms with E-state index in [1.807, 2.05) is 23.1 Å². The first-order valence-electron chi connectivity index (χ1n) is 7.51. The molecule has 24 heavy (non-hydrogen) atoms. The summed E-state index contributed by atoms with van der Waals surface area (Å²) in [7, 11) is 1.36. The summed E-state index contributed by atoms with van der Waals surface area (Å²) >= 11 is 0. The topological polar surface area (TPSA) is 21.7 Å². The second-order valence-corrected chi connectivity index (χ2v) is 6.50. The van der Waals surface area contributed by atoms with Gasteiger partial charge in [-0.05, 0) is 65.1 Å². The average Bonchev–Trinajstić information content (AvgIpc) is 2.81. The van der Waals surface area contributed by atoms with E-state index < -0.39 is 5.85 Å². The number of ether oxygens (including phenoxy) is 2. The highest BCUT2D eigenvalue weighted by Gasteiger charge is 2.27. The van der Waals surface area contributed by atoms with Gasteiger partial charge in [-0.2, -0.15) is 8.78 Å². The number of hydrogen-bond donors (Lipinski definition) is 0. The molecule has 0 spiro atoms. The minimum Gasteiger partial charge on any atom is -0.439 e. The Morgan fingerprint density at radius 2 is 1.75 bits per heavy atom. The molecule has 0 saturated heterocycles. The van der Waals surface area contributed by atoms with Crippen LogP contribution in [0.2, 0.25) is 0 Å². The van der Waals surface area contributed by atoms with Crippen molar-refractivity contribution in [1.29, 1.82) is 0 Å². The van der Waals surface area contributed by atoms with Crippen LogP contribution in [0.15, 0.2) is 54.9 Å². The first kappa shape index (κ1) is 16.7. The molecule has 3 nitrogen and oxygen atoms in total. The van der Waals surface area contributed by atoms with Crippen molar-refractivity contribution in [2.75, 3.05) is 4.90 Å². The third kappa shape index (κ3) is 3.36. The van der Waals surface area contributed by atoms with E-state index in [-0.39, 0.29) is 11.8 Å². The standard InChI is InChI=1S/C18H18F2NO2P/c1-11(2)21-12(3)22-17-9-6-14(10-16(17)21)13-4-7-15(8-5-13)23-18(19,20)24/h4-11H,3,24H2,1-2H3. The van der Waals surface area contributed by atoms with Gasteiger partial charge in [0.2, 0.25) is 0 Å². The lowest BCUT2D eigenvalue weighted by molar-refractivity contribution is -0.0892. The minimum atomic E-state index is -3.27. The first-order chi connectivity index (χ1) is 11.2. The molecule has 0 radical (unpaired) electrons. The number of fused-ring (bicyclic) bond motifs is 1. The van der Waals surface area contributed by atoms with Crippen molar-refractivity contribution in [3.05, 3.63) is 54.9 Å². The van der Waals surface area contributed by atoms with E-state index in [9.17, 15) is 8.78 Å². The summed E-state index contributed by atoms with van der Waals surface area (Å²) in [6, 6.07) is 12.6. The summed E-state index contributed by atoms with van der Waals surface area (Å²) in [5.41, 5.74) is 2.81. The van der Waals surface area contributed by atoms with Crippen LogP contribution in [0.5, 0.6) is 11.5 Å². The van der Waals surface area contributed by atoms with Crippen LogP contribution in [0, 0.1) is 0 Å². The molecule has 1 aliphatic rings. The molecule has 6 heteroatoms. The molecule has 1 atom stereocenters. The van der Waals surface area contributed by atoms with Crippen molar-refractivity contribution >= 4 is 14.9 Å². The van der Waals surface area contributed by atoms with E-state index >= 15 is 0 Å². The molecule has 0 fully saturated rings. The zero-order valence-electron chi connectivity index (χ0n) is 13.4. The van der Waals surface area contributed by atoms with Crippen molar-refractivity contribution in [2.24, 2.45) is 0 Å². The van der Waals surface area contributed by atoms with Crippen LogP contribution in [0.3, 0.4) is 0 Å². The molecule has 0 saturated carbocycles. The van der Waals surface area contributed by atoms with Gasteiger partial charge in [-0.15, -0.1) is 0 Å². The largest absolute Gasteiger partial charge is 0.439 e. The van der Waals surface area contributed by atoms with Crippen molar-refractivity contribution in [3.8, 4) is 22.6 Å². The Morgan fingerprint density at radius 1 is 1.12 bits per heavy atom. The van der Waals surface area contributed by atoms with Crippen LogP contribution in [0.1, 0.15) is 13.8 Å². The van der Waals surface area contributed by atoms with Crippen LogP contribution in [-0.4, -0.2) is 11.9 Å². The Kier molecular flexibility index (Phi) is 4.22. The minimum absolute atomic E-state index is 0.112. The van der Waals surface area contributed by atoms with Gasteiger partial charge >= 0.3 is 5.85 Å². The van der Waals surface area contributed by atoms with Gasteiger partial charge < -0.3 is 14.4 Å². The highest BCUT2D eigenvalue weighted by atomic mass is 31.0. The van der Waals surface area contributed by atoms with E-state index in [4.69, 9.17) is 4.74 Å².